The molecule has 3 aromatic rings. The SMILES string of the molecule is CC(C)(N)COC(=O)c1cc2c(cc1-c1cccc3c1N(Cc1ccccc1)CC3)OCO2. The van der Waals surface area contributed by atoms with Crippen molar-refractivity contribution in [2.75, 3.05) is 24.8 Å². The second kappa shape index (κ2) is 8.45. The van der Waals surface area contributed by atoms with E-state index in [4.69, 9.17) is 19.9 Å². The molecule has 0 fully saturated rings. The second-order valence-electron chi connectivity index (χ2n) is 9.29. The highest BCUT2D eigenvalue weighted by Gasteiger charge is 2.29. The summed E-state index contributed by atoms with van der Waals surface area (Å²) in [5.41, 5.74) is 11.3. The largest absolute Gasteiger partial charge is 0.460 e. The van der Waals surface area contributed by atoms with Crippen molar-refractivity contribution in [2.24, 2.45) is 5.73 Å². The summed E-state index contributed by atoms with van der Waals surface area (Å²) in [5.74, 6) is 0.754. The first-order valence-corrected chi connectivity index (χ1v) is 11.2. The van der Waals surface area contributed by atoms with E-state index in [1.54, 1.807) is 6.07 Å². The standard InChI is InChI=1S/C27H28N2O4/c1-27(2,28)16-31-26(30)22-14-24-23(32-17-33-24)13-21(22)20-10-6-9-19-11-12-29(25(19)20)15-18-7-4-3-5-8-18/h3-10,13-14H,11-12,15-17,28H2,1-2H3. The summed E-state index contributed by atoms with van der Waals surface area (Å²) in [6.07, 6.45) is 0.960. The normalized spacial score (nSPS) is 14.3. The molecule has 6 nitrogen and oxygen atoms in total. The van der Waals surface area contributed by atoms with E-state index in [0.29, 0.717) is 17.1 Å². The molecule has 5 rings (SSSR count). The van der Waals surface area contributed by atoms with Gasteiger partial charge in [-0.3, -0.25) is 0 Å². The third kappa shape index (κ3) is 4.39. The van der Waals surface area contributed by atoms with Crippen molar-refractivity contribution in [3.8, 4) is 22.6 Å². The van der Waals surface area contributed by atoms with Crippen LogP contribution in [0, 0.1) is 0 Å². The Hall–Kier alpha value is -3.51. The topological polar surface area (TPSA) is 74.0 Å². The lowest BCUT2D eigenvalue weighted by atomic mass is 9.95. The van der Waals surface area contributed by atoms with Gasteiger partial charge in [-0.15, -0.1) is 0 Å². The molecular formula is C27H28N2O4. The fourth-order valence-corrected chi connectivity index (χ4v) is 4.38. The van der Waals surface area contributed by atoms with Gasteiger partial charge in [-0.1, -0.05) is 48.5 Å². The van der Waals surface area contributed by atoms with Crippen LogP contribution in [0.5, 0.6) is 11.5 Å². The zero-order valence-electron chi connectivity index (χ0n) is 19.0. The third-order valence-corrected chi connectivity index (χ3v) is 5.90. The van der Waals surface area contributed by atoms with Crippen molar-refractivity contribution >= 4 is 11.7 Å². The van der Waals surface area contributed by atoms with Crippen LogP contribution in [-0.4, -0.2) is 31.5 Å². The molecule has 0 aliphatic carbocycles. The number of ether oxygens (including phenoxy) is 3. The van der Waals surface area contributed by atoms with Gasteiger partial charge in [0.15, 0.2) is 11.5 Å². The summed E-state index contributed by atoms with van der Waals surface area (Å²) in [7, 11) is 0. The number of hydrogen-bond acceptors (Lipinski definition) is 6. The van der Waals surface area contributed by atoms with Crippen LogP contribution in [0.1, 0.15) is 35.3 Å². The lowest BCUT2D eigenvalue weighted by Gasteiger charge is -2.24. The van der Waals surface area contributed by atoms with Gasteiger partial charge >= 0.3 is 5.97 Å². The molecule has 0 saturated carbocycles. The van der Waals surface area contributed by atoms with E-state index in [0.717, 1.165) is 36.3 Å². The number of carbonyl (C=O) groups excluding carboxylic acids is 1. The van der Waals surface area contributed by atoms with Crippen molar-refractivity contribution in [3.63, 3.8) is 0 Å². The van der Waals surface area contributed by atoms with E-state index in [-0.39, 0.29) is 13.4 Å². The van der Waals surface area contributed by atoms with Crippen molar-refractivity contribution in [1.82, 2.24) is 0 Å². The number of nitrogens with zero attached hydrogens (tertiary/aromatic N) is 1. The maximum atomic E-state index is 13.2. The van der Waals surface area contributed by atoms with Gasteiger partial charge in [-0.2, -0.15) is 0 Å². The van der Waals surface area contributed by atoms with Crippen LogP contribution in [0.25, 0.3) is 11.1 Å². The molecule has 0 unspecified atom stereocenters. The first kappa shape index (κ1) is 21.3. The fourth-order valence-electron chi connectivity index (χ4n) is 4.38. The lowest BCUT2D eigenvalue weighted by molar-refractivity contribution is 0.0433. The van der Waals surface area contributed by atoms with Gasteiger partial charge in [0.1, 0.15) is 6.61 Å². The highest BCUT2D eigenvalue weighted by Crippen LogP contribution is 2.44. The molecular weight excluding hydrogens is 416 g/mol. The Morgan fingerprint density at radius 3 is 2.55 bits per heavy atom. The van der Waals surface area contributed by atoms with Crippen molar-refractivity contribution in [3.05, 3.63) is 77.4 Å². The number of hydrogen-bond donors (Lipinski definition) is 1. The average Bonchev–Trinajstić information content (AvgIpc) is 3.43. The van der Waals surface area contributed by atoms with Gasteiger partial charge < -0.3 is 24.8 Å². The maximum absolute atomic E-state index is 13.2. The van der Waals surface area contributed by atoms with E-state index in [1.807, 2.05) is 32.0 Å². The Bertz CT molecular complexity index is 1180. The van der Waals surface area contributed by atoms with Crippen LogP contribution < -0.4 is 20.1 Å². The minimum Gasteiger partial charge on any atom is -0.460 e. The van der Waals surface area contributed by atoms with Crippen molar-refractivity contribution < 1.29 is 19.0 Å². The number of nitrogens with two attached hydrogens (primary N) is 1. The molecule has 0 bridgehead atoms. The molecule has 2 aliphatic heterocycles. The number of anilines is 1. The molecule has 6 heteroatoms. The summed E-state index contributed by atoms with van der Waals surface area (Å²) >= 11 is 0. The Kier molecular flexibility index (Phi) is 5.46. The summed E-state index contributed by atoms with van der Waals surface area (Å²) in [6, 6.07) is 20.3. The second-order valence-corrected chi connectivity index (χ2v) is 9.29. The van der Waals surface area contributed by atoms with Gasteiger partial charge in [0.2, 0.25) is 6.79 Å². The van der Waals surface area contributed by atoms with Crippen molar-refractivity contribution in [2.45, 2.75) is 32.4 Å². The molecule has 2 heterocycles. The molecule has 0 amide bonds. The summed E-state index contributed by atoms with van der Waals surface area (Å²) in [6.45, 7) is 5.63. The van der Waals surface area contributed by atoms with Crippen LogP contribution >= 0.6 is 0 Å². The first-order chi connectivity index (χ1) is 15.9. The molecule has 2 aliphatic rings. The van der Waals surface area contributed by atoms with Crippen LogP contribution in [0.2, 0.25) is 0 Å². The van der Waals surface area contributed by atoms with E-state index >= 15 is 0 Å². The zero-order valence-corrected chi connectivity index (χ0v) is 19.0. The Morgan fingerprint density at radius 1 is 1.03 bits per heavy atom. The lowest BCUT2D eigenvalue weighted by Crippen LogP contribution is -2.38. The summed E-state index contributed by atoms with van der Waals surface area (Å²) < 4.78 is 16.8. The zero-order chi connectivity index (χ0) is 23.0. The van der Waals surface area contributed by atoms with E-state index in [2.05, 4.69) is 41.3 Å². The fraction of sp³-hybridized carbons (Fsp3) is 0.296. The maximum Gasteiger partial charge on any atom is 0.338 e. The quantitative estimate of drug-likeness (QED) is 0.563. The molecule has 0 saturated heterocycles. The minimum absolute atomic E-state index is 0.118. The number of rotatable bonds is 6. The third-order valence-electron chi connectivity index (χ3n) is 5.90. The number of carbonyl (C=O) groups is 1. The van der Waals surface area contributed by atoms with E-state index in [1.165, 1.54) is 11.1 Å². The molecule has 33 heavy (non-hydrogen) atoms. The Morgan fingerprint density at radius 2 is 1.79 bits per heavy atom. The van der Waals surface area contributed by atoms with Gasteiger partial charge in [0.05, 0.1) is 5.56 Å². The first-order valence-electron chi connectivity index (χ1n) is 11.2. The molecule has 0 atom stereocenters. The van der Waals surface area contributed by atoms with E-state index in [9.17, 15) is 4.79 Å². The number of esters is 1. The molecule has 3 aromatic carbocycles. The van der Waals surface area contributed by atoms with Gasteiger partial charge in [0.25, 0.3) is 0 Å². The van der Waals surface area contributed by atoms with Gasteiger partial charge in [0, 0.05) is 35.4 Å². The van der Waals surface area contributed by atoms with Crippen LogP contribution in [-0.2, 0) is 17.7 Å². The number of benzene rings is 3. The number of para-hydroxylation sites is 1. The average molecular weight is 445 g/mol. The summed E-state index contributed by atoms with van der Waals surface area (Å²) in [4.78, 5) is 15.5. The van der Waals surface area contributed by atoms with Crippen LogP contribution in [0.4, 0.5) is 5.69 Å². The monoisotopic (exact) mass is 444 g/mol. The Balaban J connectivity index is 1.57. The predicted octanol–water partition coefficient (Wildman–Crippen LogP) is 4.54. The molecule has 2 N–H and O–H groups in total. The molecule has 0 aromatic heterocycles. The van der Waals surface area contributed by atoms with Crippen molar-refractivity contribution in [1.29, 1.82) is 0 Å². The van der Waals surface area contributed by atoms with E-state index < -0.39 is 11.5 Å². The Labute approximate surface area is 193 Å². The summed E-state index contributed by atoms with van der Waals surface area (Å²) in [5, 5.41) is 0. The highest BCUT2D eigenvalue weighted by atomic mass is 16.7. The molecule has 0 spiro atoms. The highest BCUT2D eigenvalue weighted by molar-refractivity contribution is 6.01. The minimum atomic E-state index is -0.618. The van der Waals surface area contributed by atoms with Crippen LogP contribution in [0.3, 0.4) is 0 Å². The predicted molar refractivity (Wildman–Crippen MR) is 128 cm³/mol. The smallest absolute Gasteiger partial charge is 0.338 e. The van der Waals surface area contributed by atoms with Crippen LogP contribution in [0.15, 0.2) is 60.7 Å². The molecule has 170 valence electrons. The number of fused-ring (bicyclic) bond motifs is 2. The van der Waals surface area contributed by atoms with Gasteiger partial charge in [-0.25, -0.2) is 4.79 Å². The van der Waals surface area contributed by atoms with Gasteiger partial charge in [-0.05, 0) is 43.5 Å². The molecule has 0 radical (unpaired) electrons.